The maximum Gasteiger partial charge on any atom is 0.325 e. The van der Waals surface area contributed by atoms with Crippen LogP contribution in [0.25, 0.3) is 0 Å². The normalized spacial score (nSPS) is 10.8. The molecule has 136 valence electrons. The first-order valence-electron chi connectivity index (χ1n) is 7.62. The number of aryl methyl sites for hydroxylation is 2. The SMILES string of the molecule is COc1cc(/N=N/c2ccc(C)cc2[N+](=O)[O-])c(C)cc1OC(=O)CN. The van der Waals surface area contributed by atoms with Crippen molar-refractivity contribution in [2.24, 2.45) is 16.0 Å². The monoisotopic (exact) mass is 358 g/mol. The number of esters is 1. The number of hydrogen-bond acceptors (Lipinski definition) is 8. The molecule has 0 aliphatic rings. The second kappa shape index (κ2) is 8.17. The smallest absolute Gasteiger partial charge is 0.325 e. The Kier molecular flexibility index (Phi) is 5.97. The molecule has 9 nitrogen and oxygen atoms in total. The molecule has 0 aliphatic carbocycles. The summed E-state index contributed by atoms with van der Waals surface area (Å²) in [5, 5.41) is 19.2. The van der Waals surface area contributed by atoms with Crippen molar-refractivity contribution < 1.29 is 19.2 Å². The van der Waals surface area contributed by atoms with E-state index >= 15 is 0 Å². The number of nitrogens with two attached hydrogens (primary N) is 1. The molecule has 2 N–H and O–H groups in total. The number of rotatable bonds is 6. The van der Waals surface area contributed by atoms with Crippen LogP contribution in [-0.2, 0) is 4.79 Å². The van der Waals surface area contributed by atoms with Crippen molar-refractivity contribution in [1.29, 1.82) is 0 Å². The molecule has 0 fully saturated rings. The Labute approximate surface area is 149 Å². The second-order valence-electron chi connectivity index (χ2n) is 5.42. The third-order valence-electron chi connectivity index (χ3n) is 3.47. The Bertz CT molecular complexity index is 880. The molecule has 2 aromatic rings. The zero-order valence-corrected chi connectivity index (χ0v) is 14.6. The molecule has 0 unspecified atom stereocenters. The lowest BCUT2D eigenvalue weighted by Crippen LogP contribution is -2.19. The van der Waals surface area contributed by atoms with E-state index in [4.69, 9.17) is 15.2 Å². The molecule has 0 aliphatic heterocycles. The molecule has 0 saturated heterocycles. The summed E-state index contributed by atoms with van der Waals surface area (Å²) in [7, 11) is 1.41. The zero-order chi connectivity index (χ0) is 19.3. The van der Waals surface area contributed by atoms with Crippen molar-refractivity contribution in [2.45, 2.75) is 13.8 Å². The minimum Gasteiger partial charge on any atom is -0.493 e. The molecule has 26 heavy (non-hydrogen) atoms. The van der Waals surface area contributed by atoms with Gasteiger partial charge in [0.05, 0.1) is 24.3 Å². The van der Waals surface area contributed by atoms with Crippen molar-refractivity contribution in [2.75, 3.05) is 13.7 Å². The molecule has 9 heteroatoms. The minimum atomic E-state index is -0.604. The molecular weight excluding hydrogens is 340 g/mol. The summed E-state index contributed by atoms with van der Waals surface area (Å²) in [6.07, 6.45) is 0. The highest BCUT2D eigenvalue weighted by Crippen LogP contribution is 2.36. The van der Waals surface area contributed by atoms with Gasteiger partial charge >= 0.3 is 5.97 Å². The number of carbonyl (C=O) groups is 1. The summed E-state index contributed by atoms with van der Waals surface area (Å²) >= 11 is 0. The van der Waals surface area contributed by atoms with E-state index < -0.39 is 10.9 Å². The highest BCUT2D eigenvalue weighted by Gasteiger charge is 2.15. The van der Waals surface area contributed by atoms with Crippen molar-refractivity contribution in [3.8, 4) is 11.5 Å². The van der Waals surface area contributed by atoms with Gasteiger partial charge in [-0.2, -0.15) is 0 Å². The van der Waals surface area contributed by atoms with Gasteiger partial charge in [-0.3, -0.25) is 14.9 Å². The third kappa shape index (κ3) is 4.39. The Hall–Kier alpha value is -3.33. The van der Waals surface area contributed by atoms with Gasteiger partial charge in [-0.25, -0.2) is 0 Å². The van der Waals surface area contributed by atoms with E-state index in [1.54, 1.807) is 26.0 Å². The van der Waals surface area contributed by atoms with Gasteiger partial charge in [-0.05, 0) is 37.1 Å². The van der Waals surface area contributed by atoms with Gasteiger partial charge in [0.25, 0.3) is 5.69 Å². The quantitative estimate of drug-likeness (QED) is 0.276. The fourth-order valence-corrected chi connectivity index (χ4v) is 2.13. The molecule has 0 heterocycles. The highest BCUT2D eigenvalue weighted by molar-refractivity contribution is 5.75. The number of hydrogen-bond donors (Lipinski definition) is 1. The number of azo groups is 1. The third-order valence-corrected chi connectivity index (χ3v) is 3.47. The van der Waals surface area contributed by atoms with E-state index in [2.05, 4.69) is 10.2 Å². The molecule has 0 aromatic heterocycles. The van der Waals surface area contributed by atoms with E-state index in [9.17, 15) is 14.9 Å². The largest absolute Gasteiger partial charge is 0.493 e. The van der Waals surface area contributed by atoms with Crippen LogP contribution in [0.4, 0.5) is 17.1 Å². The van der Waals surface area contributed by atoms with Gasteiger partial charge in [0.15, 0.2) is 17.2 Å². The average molecular weight is 358 g/mol. The van der Waals surface area contributed by atoms with E-state index in [0.29, 0.717) is 11.3 Å². The average Bonchev–Trinajstić information content (AvgIpc) is 2.61. The lowest BCUT2D eigenvalue weighted by Gasteiger charge is -2.11. The number of nitrogens with zero attached hydrogens (tertiary/aromatic N) is 3. The van der Waals surface area contributed by atoms with Crippen LogP contribution in [0.15, 0.2) is 40.6 Å². The number of methoxy groups -OCH3 is 1. The molecule has 0 bridgehead atoms. The summed E-state index contributed by atoms with van der Waals surface area (Å²) in [5.41, 5.74) is 7.05. The van der Waals surface area contributed by atoms with Crippen LogP contribution in [0, 0.1) is 24.0 Å². The lowest BCUT2D eigenvalue weighted by molar-refractivity contribution is -0.384. The summed E-state index contributed by atoms with van der Waals surface area (Å²) in [4.78, 5) is 22.0. The van der Waals surface area contributed by atoms with Gasteiger partial charge in [0.1, 0.15) is 0 Å². The number of nitro benzene ring substituents is 1. The van der Waals surface area contributed by atoms with E-state index in [1.807, 2.05) is 0 Å². The number of nitro groups is 1. The Morgan fingerprint density at radius 1 is 1.15 bits per heavy atom. The zero-order valence-electron chi connectivity index (χ0n) is 14.6. The van der Waals surface area contributed by atoms with Gasteiger partial charge in [0.2, 0.25) is 0 Å². The molecule has 0 atom stereocenters. The maximum atomic E-state index is 11.4. The van der Waals surface area contributed by atoms with E-state index in [1.165, 1.54) is 25.3 Å². The van der Waals surface area contributed by atoms with Gasteiger partial charge in [-0.1, -0.05) is 6.07 Å². The van der Waals surface area contributed by atoms with Crippen molar-refractivity contribution in [3.63, 3.8) is 0 Å². The van der Waals surface area contributed by atoms with Gasteiger partial charge in [-0.15, -0.1) is 10.2 Å². The van der Waals surface area contributed by atoms with E-state index in [-0.39, 0.29) is 29.4 Å². The van der Waals surface area contributed by atoms with E-state index in [0.717, 1.165) is 5.56 Å². The number of benzene rings is 2. The fraction of sp³-hybridized carbons (Fsp3) is 0.235. The topological polar surface area (TPSA) is 129 Å². The summed E-state index contributed by atoms with van der Waals surface area (Å²) in [6.45, 7) is 3.22. The summed E-state index contributed by atoms with van der Waals surface area (Å²) in [5.74, 6) is -0.127. The van der Waals surface area contributed by atoms with Crippen LogP contribution in [0.3, 0.4) is 0 Å². The Balaban J connectivity index is 2.40. The van der Waals surface area contributed by atoms with Crippen molar-refractivity contribution in [3.05, 3.63) is 51.6 Å². The Morgan fingerprint density at radius 3 is 2.46 bits per heavy atom. The molecule has 0 radical (unpaired) electrons. The lowest BCUT2D eigenvalue weighted by atomic mass is 10.2. The molecule has 0 spiro atoms. The Morgan fingerprint density at radius 2 is 1.85 bits per heavy atom. The predicted molar refractivity (Wildman–Crippen MR) is 94.4 cm³/mol. The van der Waals surface area contributed by atoms with Gasteiger partial charge < -0.3 is 15.2 Å². The molecule has 2 rings (SSSR count). The summed E-state index contributed by atoms with van der Waals surface area (Å²) in [6, 6.07) is 7.75. The van der Waals surface area contributed by atoms with Crippen LogP contribution in [-0.4, -0.2) is 24.5 Å². The van der Waals surface area contributed by atoms with Crippen molar-refractivity contribution >= 4 is 23.0 Å². The molecular formula is C17H18N4O5. The maximum absolute atomic E-state index is 11.4. The highest BCUT2D eigenvalue weighted by atomic mass is 16.6. The second-order valence-corrected chi connectivity index (χ2v) is 5.42. The van der Waals surface area contributed by atoms with Crippen LogP contribution >= 0.6 is 0 Å². The van der Waals surface area contributed by atoms with Gasteiger partial charge in [0, 0.05) is 12.1 Å². The van der Waals surface area contributed by atoms with Crippen LogP contribution < -0.4 is 15.2 Å². The first-order valence-corrected chi connectivity index (χ1v) is 7.62. The molecule has 2 aromatic carbocycles. The fourth-order valence-electron chi connectivity index (χ4n) is 2.13. The van der Waals surface area contributed by atoms with Crippen molar-refractivity contribution in [1.82, 2.24) is 0 Å². The summed E-state index contributed by atoms with van der Waals surface area (Å²) < 4.78 is 10.3. The predicted octanol–water partition coefficient (Wildman–Crippen LogP) is 3.50. The van der Waals surface area contributed by atoms with Crippen LogP contribution in [0.1, 0.15) is 11.1 Å². The standard InChI is InChI=1S/C17H18N4O5/c1-10-4-5-12(14(6-10)21(23)24)19-20-13-8-15(25-3)16(7-11(13)2)26-17(22)9-18/h4-8H,9,18H2,1-3H3/b20-19+. The first-order chi connectivity index (χ1) is 12.3. The molecule has 0 saturated carbocycles. The van der Waals surface area contributed by atoms with Crippen LogP contribution in [0.5, 0.6) is 11.5 Å². The number of carbonyl (C=O) groups excluding carboxylic acids is 1. The molecule has 0 amide bonds. The van der Waals surface area contributed by atoms with Crippen LogP contribution in [0.2, 0.25) is 0 Å². The minimum absolute atomic E-state index is 0.133. The first kappa shape index (κ1) is 19.0. The number of ether oxygens (including phenoxy) is 2.